The van der Waals surface area contributed by atoms with Crippen molar-refractivity contribution in [1.29, 1.82) is 0 Å². The molecule has 1 atom stereocenters. The van der Waals surface area contributed by atoms with Gasteiger partial charge in [0.25, 0.3) is 0 Å². The molecule has 4 rings (SSSR count). The van der Waals surface area contributed by atoms with Crippen LogP contribution >= 0.6 is 11.8 Å². The van der Waals surface area contributed by atoms with Gasteiger partial charge in [0.2, 0.25) is 0 Å². The summed E-state index contributed by atoms with van der Waals surface area (Å²) in [6.45, 7) is 6.55. The van der Waals surface area contributed by atoms with Crippen LogP contribution in [0, 0.1) is 0 Å². The molecule has 0 bridgehead atoms. The molecule has 27 heavy (non-hydrogen) atoms. The second kappa shape index (κ2) is 8.55. The van der Waals surface area contributed by atoms with Crippen LogP contribution in [0.5, 0.6) is 0 Å². The number of thioether (sulfide) groups is 1. The van der Waals surface area contributed by atoms with E-state index >= 15 is 0 Å². The minimum absolute atomic E-state index is 0.143. The molecule has 156 valence electrons. The van der Waals surface area contributed by atoms with Crippen molar-refractivity contribution in [1.82, 2.24) is 19.8 Å². The van der Waals surface area contributed by atoms with E-state index in [1.165, 1.54) is 0 Å². The molecule has 4 fully saturated rings. The fourth-order valence-corrected chi connectivity index (χ4v) is 8.27. The molecule has 0 aromatic heterocycles. The topological polar surface area (TPSA) is 73.4 Å². The van der Waals surface area contributed by atoms with E-state index < -0.39 is 26.4 Å². The minimum Gasteiger partial charge on any atom is -0.379 e. The molecule has 4 aliphatic heterocycles. The van der Waals surface area contributed by atoms with E-state index in [1.807, 2.05) is 11.8 Å². The summed E-state index contributed by atoms with van der Waals surface area (Å²) in [5, 5.41) is 4.61. The molecule has 4 aliphatic rings. The summed E-state index contributed by atoms with van der Waals surface area (Å²) in [6, 6.07) is 0. The van der Waals surface area contributed by atoms with E-state index in [0.717, 1.165) is 50.8 Å². The predicted octanol–water partition coefficient (Wildman–Crippen LogP) is -1.27. The molecule has 11 heteroatoms. The first-order chi connectivity index (χ1) is 13.0. The first kappa shape index (κ1) is 20.5. The fourth-order valence-electron chi connectivity index (χ4n) is 4.64. The fraction of sp³-hybridized carbons (Fsp3) is 1.00. The number of nitrogens with zero attached hydrogens (tertiary/aromatic N) is 4. The maximum atomic E-state index is 12.8. The Bertz CT molecular complexity index is 622. The van der Waals surface area contributed by atoms with Gasteiger partial charge in [-0.3, -0.25) is 14.0 Å². The lowest BCUT2D eigenvalue weighted by Crippen LogP contribution is -2.80. The maximum Gasteiger partial charge on any atom is 0.158 e. The summed E-state index contributed by atoms with van der Waals surface area (Å²) < 4.78 is 43.2. The van der Waals surface area contributed by atoms with Gasteiger partial charge in [-0.1, -0.05) is 0 Å². The first-order valence-corrected chi connectivity index (χ1v) is 14.2. The van der Waals surface area contributed by atoms with Gasteiger partial charge in [0.05, 0.1) is 24.7 Å². The van der Waals surface area contributed by atoms with Crippen molar-refractivity contribution >= 4 is 32.4 Å². The molecule has 4 saturated heterocycles. The normalized spacial score (nSPS) is 36.0. The monoisotopic (exact) mass is 438 g/mol. The molecule has 8 nitrogen and oxygen atoms in total. The molecule has 1 unspecified atom stereocenters. The van der Waals surface area contributed by atoms with Crippen LogP contribution in [0.4, 0.5) is 0 Å². The Kier molecular flexibility index (Phi) is 6.50. The number of sulfone groups is 1. The van der Waals surface area contributed by atoms with Crippen molar-refractivity contribution in [2.24, 2.45) is 0 Å². The Hall–Kier alpha value is 0.250. The van der Waals surface area contributed by atoms with Gasteiger partial charge in [0.1, 0.15) is 0 Å². The van der Waals surface area contributed by atoms with E-state index in [4.69, 9.17) is 4.74 Å². The third-order valence-corrected chi connectivity index (χ3v) is 9.82. The number of hydrogen-bond acceptors (Lipinski definition) is 9. The molecule has 0 aromatic rings. The van der Waals surface area contributed by atoms with Gasteiger partial charge >= 0.3 is 0 Å². The lowest BCUT2D eigenvalue weighted by Gasteiger charge is -2.61. The molecule has 0 amide bonds. The number of hydrogen-bond donors (Lipinski definition) is 0. The van der Waals surface area contributed by atoms with E-state index in [-0.39, 0.29) is 11.5 Å². The third kappa shape index (κ3) is 4.25. The van der Waals surface area contributed by atoms with Crippen molar-refractivity contribution in [3.05, 3.63) is 0 Å². The second-order valence-electron chi connectivity index (χ2n) is 7.49. The maximum absolute atomic E-state index is 12.8. The van der Waals surface area contributed by atoms with Gasteiger partial charge in [-0.15, -0.1) is 0 Å². The van der Waals surface area contributed by atoms with Crippen molar-refractivity contribution in [2.45, 2.75) is 5.79 Å². The van der Waals surface area contributed by atoms with Crippen LogP contribution in [0.3, 0.4) is 0 Å². The zero-order valence-electron chi connectivity index (χ0n) is 15.8. The van der Waals surface area contributed by atoms with Crippen molar-refractivity contribution in [3.8, 4) is 0 Å². The molecular formula is C16H30N4O4S3. The Morgan fingerprint density at radius 1 is 0.889 bits per heavy atom. The highest BCUT2D eigenvalue weighted by atomic mass is 32.2. The SMILES string of the molecule is O=S1CCN(N2CCS(=O)(=O)CC2(N2CCOCC2)N2CCSCC2)CC1. The molecule has 4 heterocycles. The Morgan fingerprint density at radius 3 is 2.19 bits per heavy atom. The van der Waals surface area contributed by atoms with Gasteiger partial charge in [-0.2, -0.15) is 11.8 Å². The van der Waals surface area contributed by atoms with Gasteiger partial charge < -0.3 is 4.74 Å². The largest absolute Gasteiger partial charge is 0.379 e. The standard InChI is InChI=1S/C16H30N4O4S3/c21-26-12-5-19(6-13-26)20-7-14-27(22,23)15-16(20,17-1-8-24-9-2-17)18-3-10-25-11-4-18/h1-15H2. The average molecular weight is 439 g/mol. The lowest BCUT2D eigenvalue weighted by molar-refractivity contribution is -0.246. The Morgan fingerprint density at radius 2 is 1.52 bits per heavy atom. The Balaban J connectivity index is 1.72. The minimum atomic E-state index is -3.13. The van der Waals surface area contributed by atoms with Crippen LogP contribution in [0.2, 0.25) is 0 Å². The molecule has 0 N–H and O–H groups in total. The molecular weight excluding hydrogens is 408 g/mol. The number of morpholine rings is 1. The third-order valence-electron chi connectivity index (χ3n) is 5.97. The summed E-state index contributed by atoms with van der Waals surface area (Å²) in [4.78, 5) is 4.74. The van der Waals surface area contributed by atoms with Gasteiger partial charge in [-0.05, 0) is 0 Å². The van der Waals surface area contributed by atoms with Crippen LogP contribution in [-0.4, -0.2) is 132 Å². The summed E-state index contributed by atoms with van der Waals surface area (Å²) in [6.07, 6.45) is 0. The summed E-state index contributed by atoms with van der Waals surface area (Å²) in [7, 11) is -3.88. The highest BCUT2D eigenvalue weighted by Gasteiger charge is 2.55. The molecule has 0 radical (unpaired) electrons. The van der Waals surface area contributed by atoms with E-state index in [0.29, 0.717) is 31.3 Å². The average Bonchev–Trinajstić information content (AvgIpc) is 2.69. The number of hydrazine groups is 1. The van der Waals surface area contributed by atoms with Crippen LogP contribution < -0.4 is 0 Å². The van der Waals surface area contributed by atoms with Gasteiger partial charge in [-0.25, -0.2) is 18.4 Å². The smallest absolute Gasteiger partial charge is 0.158 e. The molecule has 0 saturated carbocycles. The van der Waals surface area contributed by atoms with Crippen molar-refractivity contribution < 1.29 is 17.4 Å². The molecule has 0 aromatic carbocycles. The van der Waals surface area contributed by atoms with Gasteiger partial charge in [0, 0.05) is 79.6 Å². The van der Waals surface area contributed by atoms with Gasteiger partial charge in [0.15, 0.2) is 15.6 Å². The van der Waals surface area contributed by atoms with E-state index in [9.17, 15) is 12.6 Å². The van der Waals surface area contributed by atoms with Crippen molar-refractivity contribution in [2.75, 3.05) is 93.5 Å². The highest BCUT2D eigenvalue weighted by molar-refractivity contribution is 7.99. The van der Waals surface area contributed by atoms with Crippen molar-refractivity contribution in [3.63, 3.8) is 0 Å². The zero-order chi connectivity index (χ0) is 18.9. The zero-order valence-corrected chi connectivity index (χ0v) is 18.2. The lowest BCUT2D eigenvalue weighted by atomic mass is 10.2. The molecule has 0 aliphatic carbocycles. The highest BCUT2D eigenvalue weighted by Crippen LogP contribution is 2.35. The van der Waals surface area contributed by atoms with E-state index in [1.54, 1.807) is 0 Å². The number of ether oxygens (including phenoxy) is 1. The first-order valence-electron chi connectivity index (χ1n) is 9.75. The number of rotatable bonds is 3. The second-order valence-corrected chi connectivity index (χ2v) is 12.6. The van der Waals surface area contributed by atoms with Crippen LogP contribution in [0.15, 0.2) is 0 Å². The molecule has 0 spiro atoms. The predicted molar refractivity (Wildman–Crippen MR) is 109 cm³/mol. The summed E-state index contributed by atoms with van der Waals surface area (Å²) in [5.41, 5.74) is 0. The van der Waals surface area contributed by atoms with Crippen LogP contribution in [-0.2, 0) is 25.4 Å². The van der Waals surface area contributed by atoms with Crippen LogP contribution in [0.25, 0.3) is 0 Å². The summed E-state index contributed by atoms with van der Waals surface area (Å²) in [5.74, 6) is 3.09. The van der Waals surface area contributed by atoms with E-state index in [2.05, 4.69) is 19.8 Å². The quantitative estimate of drug-likeness (QED) is 0.536. The summed E-state index contributed by atoms with van der Waals surface area (Å²) >= 11 is 1.94. The Labute approximate surface area is 168 Å². The van der Waals surface area contributed by atoms with Crippen LogP contribution in [0.1, 0.15) is 0 Å².